The fourth-order valence-corrected chi connectivity index (χ4v) is 3.08. The van der Waals surface area contributed by atoms with Gasteiger partial charge in [0.05, 0.1) is 17.7 Å². The Morgan fingerprint density at radius 2 is 1.69 bits per heavy atom. The summed E-state index contributed by atoms with van der Waals surface area (Å²) in [4.78, 5) is 4.43. The van der Waals surface area contributed by atoms with Gasteiger partial charge in [-0.05, 0) is 35.9 Å². The summed E-state index contributed by atoms with van der Waals surface area (Å²) in [6.07, 6.45) is 1.72. The lowest BCUT2D eigenvalue weighted by atomic mass is 10.2. The fraction of sp³-hybridized carbons (Fsp3) is 0.0556. The highest BCUT2D eigenvalue weighted by Gasteiger charge is 2.15. The maximum Gasteiger partial charge on any atom is 0.263 e. The highest BCUT2D eigenvalue weighted by atomic mass is 32.2. The van der Waals surface area contributed by atoms with Crippen molar-refractivity contribution < 1.29 is 13.2 Å². The SMILES string of the molecule is COc1ccc(NS(=O)(=O)c2ccc(N=Cc3ccccc3)cc2)nn1. The summed E-state index contributed by atoms with van der Waals surface area (Å²) in [5.41, 5.74) is 1.61. The monoisotopic (exact) mass is 368 g/mol. The molecule has 1 heterocycles. The summed E-state index contributed by atoms with van der Waals surface area (Å²) in [6.45, 7) is 0. The zero-order valence-electron chi connectivity index (χ0n) is 13.9. The third-order valence-electron chi connectivity index (χ3n) is 3.40. The van der Waals surface area contributed by atoms with Crippen molar-refractivity contribution >= 4 is 27.7 Å². The van der Waals surface area contributed by atoms with Crippen LogP contribution in [0.1, 0.15) is 5.56 Å². The predicted octanol–water partition coefficient (Wildman–Crippen LogP) is 3.04. The van der Waals surface area contributed by atoms with E-state index in [1.165, 1.54) is 31.4 Å². The first-order valence-electron chi connectivity index (χ1n) is 7.66. The van der Waals surface area contributed by atoms with Crippen molar-refractivity contribution in [1.82, 2.24) is 10.2 Å². The molecule has 132 valence electrons. The van der Waals surface area contributed by atoms with Crippen LogP contribution in [0.2, 0.25) is 0 Å². The molecule has 1 N–H and O–H groups in total. The standard InChI is InChI=1S/C18H16N4O3S/c1-25-18-12-11-17(20-21-18)22-26(23,24)16-9-7-15(8-10-16)19-13-14-5-3-2-4-6-14/h2-13H,1H3,(H,20,22). The van der Waals surface area contributed by atoms with E-state index < -0.39 is 10.0 Å². The second kappa shape index (κ2) is 7.75. The lowest BCUT2D eigenvalue weighted by Crippen LogP contribution is -2.14. The maximum absolute atomic E-state index is 12.4. The molecule has 0 radical (unpaired) electrons. The van der Waals surface area contributed by atoms with Crippen LogP contribution in [-0.4, -0.2) is 31.9 Å². The summed E-state index contributed by atoms with van der Waals surface area (Å²) < 4.78 is 32.1. The van der Waals surface area contributed by atoms with Crippen molar-refractivity contribution in [2.75, 3.05) is 11.8 Å². The van der Waals surface area contributed by atoms with E-state index in [1.54, 1.807) is 18.3 Å². The molecular formula is C18H16N4O3S. The number of sulfonamides is 1. The van der Waals surface area contributed by atoms with E-state index in [0.717, 1.165) is 5.56 Å². The number of ether oxygens (including phenoxy) is 1. The smallest absolute Gasteiger partial charge is 0.263 e. The van der Waals surface area contributed by atoms with Gasteiger partial charge in [0.25, 0.3) is 10.0 Å². The minimum Gasteiger partial charge on any atom is -0.480 e. The van der Waals surface area contributed by atoms with Gasteiger partial charge in [-0.15, -0.1) is 10.2 Å². The van der Waals surface area contributed by atoms with Gasteiger partial charge >= 0.3 is 0 Å². The molecule has 1 aromatic heterocycles. The van der Waals surface area contributed by atoms with E-state index in [0.29, 0.717) is 11.6 Å². The average molecular weight is 368 g/mol. The van der Waals surface area contributed by atoms with E-state index in [2.05, 4.69) is 19.9 Å². The molecule has 0 spiro atoms. The van der Waals surface area contributed by atoms with Crippen LogP contribution in [-0.2, 0) is 10.0 Å². The quantitative estimate of drug-likeness (QED) is 0.675. The summed E-state index contributed by atoms with van der Waals surface area (Å²) in [7, 11) is -2.31. The van der Waals surface area contributed by atoms with Crippen molar-refractivity contribution in [2.45, 2.75) is 4.90 Å². The summed E-state index contributed by atoms with van der Waals surface area (Å²) in [5.74, 6) is 0.408. The molecule has 7 nitrogen and oxygen atoms in total. The lowest BCUT2D eigenvalue weighted by molar-refractivity contribution is 0.392. The van der Waals surface area contributed by atoms with Crippen LogP contribution in [0.25, 0.3) is 0 Å². The third kappa shape index (κ3) is 4.42. The van der Waals surface area contributed by atoms with Crippen LogP contribution in [0.3, 0.4) is 0 Å². The highest BCUT2D eigenvalue weighted by Crippen LogP contribution is 2.19. The molecule has 3 rings (SSSR count). The minimum absolute atomic E-state index is 0.105. The number of nitrogens with zero attached hydrogens (tertiary/aromatic N) is 3. The van der Waals surface area contributed by atoms with Crippen molar-refractivity contribution in [3.8, 4) is 5.88 Å². The molecule has 0 atom stereocenters. The summed E-state index contributed by atoms with van der Waals surface area (Å²) in [5, 5.41) is 7.48. The molecule has 0 aliphatic rings. The first-order chi connectivity index (χ1) is 12.6. The van der Waals surface area contributed by atoms with E-state index in [-0.39, 0.29) is 10.7 Å². The van der Waals surface area contributed by atoms with Gasteiger partial charge in [0.15, 0.2) is 5.82 Å². The zero-order valence-corrected chi connectivity index (χ0v) is 14.7. The number of rotatable bonds is 6. The van der Waals surface area contributed by atoms with Gasteiger partial charge < -0.3 is 4.74 Å². The van der Waals surface area contributed by atoms with Crippen LogP contribution in [0.15, 0.2) is 76.6 Å². The highest BCUT2D eigenvalue weighted by molar-refractivity contribution is 7.92. The molecular weight excluding hydrogens is 352 g/mol. The maximum atomic E-state index is 12.4. The largest absolute Gasteiger partial charge is 0.480 e. The van der Waals surface area contributed by atoms with Crippen molar-refractivity contribution in [3.05, 3.63) is 72.3 Å². The molecule has 3 aromatic rings. The number of aromatic nitrogens is 2. The molecule has 0 amide bonds. The molecule has 0 fully saturated rings. The molecule has 0 unspecified atom stereocenters. The molecule has 8 heteroatoms. The number of nitrogens with one attached hydrogen (secondary N) is 1. The molecule has 2 aromatic carbocycles. The first kappa shape index (κ1) is 17.6. The Labute approximate surface area is 151 Å². The number of aliphatic imine (C=N–C) groups is 1. The molecule has 0 saturated heterocycles. The minimum atomic E-state index is -3.76. The molecule has 0 aliphatic carbocycles. The normalized spacial score (nSPS) is 11.4. The van der Waals surface area contributed by atoms with E-state index >= 15 is 0 Å². The Morgan fingerprint density at radius 1 is 0.962 bits per heavy atom. The van der Waals surface area contributed by atoms with Crippen molar-refractivity contribution in [2.24, 2.45) is 4.99 Å². The Balaban J connectivity index is 1.73. The zero-order chi connectivity index (χ0) is 18.4. The van der Waals surface area contributed by atoms with Crippen LogP contribution < -0.4 is 9.46 Å². The molecule has 26 heavy (non-hydrogen) atoms. The third-order valence-corrected chi connectivity index (χ3v) is 4.77. The lowest BCUT2D eigenvalue weighted by Gasteiger charge is -2.07. The molecule has 0 saturated carbocycles. The predicted molar refractivity (Wildman–Crippen MR) is 99.5 cm³/mol. The van der Waals surface area contributed by atoms with Crippen LogP contribution in [0.4, 0.5) is 11.5 Å². The number of benzene rings is 2. The Hall–Kier alpha value is -3.26. The van der Waals surface area contributed by atoms with Gasteiger partial charge in [-0.3, -0.25) is 9.71 Å². The molecule has 0 aliphatic heterocycles. The number of hydrogen-bond donors (Lipinski definition) is 1. The average Bonchev–Trinajstić information content (AvgIpc) is 2.68. The van der Waals surface area contributed by atoms with Gasteiger partial charge in [-0.25, -0.2) is 8.42 Å². The Kier molecular flexibility index (Phi) is 5.23. The van der Waals surface area contributed by atoms with Gasteiger partial charge in [0.2, 0.25) is 5.88 Å². The fourth-order valence-electron chi connectivity index (χ4n) is 2.08. The second-order valence-corrected chi connectivity index (χ2v) is 6.91. The van der Waals surface area contributed by atoms with Crippen LogP contribution in [0, 0.1) is 0 Å². The van der Waals surface area contributed by atoms with Gasteiger partial charge in [-0.1, -0.05) is 30.3 Å². The topological polar surface area (TPSA) is 93.5 Å². The van der Waals surface area contributed by atoms with Crippen LogP contribution in [0.5, 0.6) is 5.88 Å². The number of anilines is 1. The van der Waals surface area contributed by atoms with Crippen molar-refractivity contribution in [3.63, 3.8) is 0 Å². The summed E-state index contributed by atoms with van der Waals surface area (Å²) >= 11 is 0. The molecule has 0 bridgehead atoms. The van der Waals surface area contributed by atoms with Crippen LogP contribution >= 0.6 is 0 Å². The first-order valence-corrected chi connectivity index (χ1v) is 9.15. The second-order valence-electron chi connectivity index (χ2n) is 5.23. The van der Waals surface area contributed by atoms with Gasteiger partial charge in [-0.2, -0.15) is 0 Å². The number of hydrogen-bond acceptors (Lipinski definition) is 6. The Morgan fingerprint density at radius 3 is 2.31 bits per heavy atom. The van der Waals surface area contributed by atoms with Crippen molar-refractivity contribution in [1.29, 1.82) is 0 Å². The van der Waals surface area contributed by atoms with Gasteiger partial charge in [0, 0.05) is 12.3 Å². The number of methoxy groups -OCH3 is 1. The van der Waals surface area contributed by atoms with E-state index in [4.69, 9.17) is 4.74 Å². The van der Waals surface area contributed by atoms with E-state index in [9.17, 15) is 8.42 Å². The summed E-state index contributed by atoms with van der Waals surface area (Å²) in [6, 6.07) is 18.9. The Bertz CT molecular complexity index is 987. The van der Waals surface area contributed by atoms with E-state index in [1.807, 2.05) is 30.3 Å². The van der Waals surface area contributed by atoms with Gasteiger partial charge in [0.1, 0.15) is 0 Å².